The maximum absolute atomic E-state index is 13.0. The van der Waals surface area contributed by atoms with Gasteiger partial charge in [0.1, 0.15) is 0 Å². The van der Waals surface area contributed by atoms with E-state index in [9.17, 15) is 4.79 Å². The highest BCUT2D eigenvalue weighted by molar-refractivity contribution is 5.85. The summed E-state index contributed by atoms with van der Waals surface area (Å²) in [6.07, 6.45) is 3.94. The highest BCUT2D eigenvalue weighted by Gasteiger charge is 2.37. The summed E-state index contributed by atoms with van der Waals surface area (Å²) in [6.45, 7) is 11.0. The molecule has 2 saturated heterocycles. The number of carbonyl (C=O) groups excluding carboxylic acids is 1. The van der Waals surface area contributed by atoms with Crippen LogP contribution < -0.4 is 5.32 Å². The number of aryl methyl sites for hydroxylation is 1. The molecule has 25 heavy (non-hydrogen) atoms. The van der Waals surface area contributed by atoms with E-state index in [4.69, 9.17) is 0 Å². The lowest BCUT2D eigenvalue weighted by Crippen LogP contribution is -2.51. The third-order valence-corrected chi connectivity index (χ3v) is 4.99. The van der Waals surface area contributed by atoms with Crippen LogP contribution in [0.1, 0.15) is 25.3 Å². The Bertz CT molecular complexity index is 543. The van der Waals surface area contributed by atoms with Crippen LogP contribution in [0.2, 0.25) is 0 Å². The standard InChI is InChI=1S/C17H29N5O.2ClH/c1-13(2)11-21-4-6-22(7-5-21)17(23)16-10-18-9-15(16)14-8-19-20(3)12-14;;/h8,12-13,15-16,18H,4-7,9-11H2,1-3H3;2*1H/t15-,16+;;/m1../s1. The third kappa shape index (κ3) is 5.33. The van der Waals surface area contributed by atoms with Gasteiger partial charge in [-0.1, -0.05) is 13.8 Å². The van der Waals surface area contributed by atoms with Crippen molar-refractivity contribution in [1.82, 2.24) is 24.9 Å². The summed E-state index contributed by atoms with van der Waals surface area (Å²) in [7, 11) is 1.93. The molecule has 2 aliphatic heterocycles. The van der Waals surface area contributed by atoms with E-state index in [1.54, 1.807) is 0 Å². The molecule has 3 heterocycles. The Kier molecular flexibility index (Phi) is 8.68. The SMILES string of the molecule is CC(C)CN1CCN(C(=O)[C@H]2CNC[C@@H]2c2cnn(C)c2)CC1.Cl.Cl. The monoisotopic (exact) mass is 391 g/mol. The Morgan fingerprint density at radius 2 is 1.92 bits per heavy atom. The van der Waals surface area contributed by atoms with Crippen LogP contribution in [0.25, 0.3) is 0 Å². The zero-order valence-electron chi connectivity index (χ0n) is 15.4. The van der Waals surface area contributed by atoms with E-state index < -0.39 is 0 Å². The molecule has 0 saturated carbocycles. The average Bonchev–Trinajstić information content (AvgIpc) is 3.15. The van der Waals surface area contributed by atoms with Gasteiger partial charge in [0.15, 0.2) is 0 Å². The van der Waals surface area contributed by atoms with Crippen LogP contribution >= 0.6 is 24.8 Å². The van der Waals surface area contributed by atoms with Crippen molar-refractivity contribution in [3.05, 3.63) is 18.0 Å². The van der Waals surface area contributed by atoms with E-state index in [0.29, 0.717) is 11.8 Å². The minimum Gasteiger partial charge on any atom is -0.340 e. The molecule has 3 rings (SSSR count). The Morgan fingerprint density at radius 1 is 1.24 bits per heavy atom. The van der Waals surface area contributed by atoms with Crippen molar-refractivity contribution in [2.75, 3.05) is 45.8 Å². The normalized spacial score (nSPS) is 24.1. The number of halogens is 2. The number of hydrogen-bond acceptors (Lipinski definition) is 4. The molecular formula is C17H31Cl2N5O. The maximum atomic E-state index is 13.0. The lowest BCUT2D eigenvalue weighted by Gasteiger charge is -2.37. The summed E-state index contributed by atoms with van der Waals surface area (Å²) in [5.41, 5.74) is 1.18. The van der Waals surface area contributed by atoms with E-state index in [1.165, 1.54) is 5.56 Å². The molecule has 0 unspecified atom stereocenters. The summed E-state index contributed by atoms with van der Waals surface area (Å²) in [5.74, 6) is 1.31. The molecule has 2 aliphatic rings. The zero-order chi connectivity index (χ0) is 16.4. The molecule has 144 valence electrons. The van der Waals surface area contributed by atoms with Crippen LogP contribution in [0.3, 0.4) is 0 Å². The number of hydrogen-bond donors (Lipinski definition) is 1. The average molecular weight is 392 g/mol. The number of nitrogens with one attached hydrogen (secondary N) is 1. The highest BCUT2D eigenvalue weighted by Crippen LogP contribution is 2.29. The Morgan fingerprint density at radius 3 is 2.48 bits per heavy atom. The third-order valence-electron chi connectivity index (χ3n) is 4.99. The second-order valence-electron chi connectivity index (χ2n) is 7.34. The largest absolute Gasteiger partial charge is 0.340 e. The lowest BCUT2D eigenvalue weighted by atomic mass is 9.89. The van der Waals surface area contributed by atoms with E-state index in [0.717, 1.165) is 45.8 Å². The number of carbonyl (C=O) groups is 1. The van der Waals surface area contributed by atoms with Gasteiger partial charge in [0.05, 0.1) is 12.1 Å². The summed E-state index contributed by atoms with van der Waals surface area (Å²) in [6, 6.07) is 0. The van der Waals surface area contributed by atoms with E-state index >= 15 is 0 Å². The van der Waals surface area contributed by atoms with E-state index in [1.807, 2.05) is 24.1 Å². The molecule has 0 spiro atoms. The van der Waals surface area contributed by atoms with E-state index in [2.05, 4.69) is 34.1 Å². The first kappa shape index (κ1) is 22.2. The van der Waals surface area contributed by atoms with Crippen LogP contribution in [0.5, 0.6) is 0 Å². The summed E-state index contributed by atoms with van der Waals surface area (Å²) >= 11 is 0. The molecule has 0 radical (unpaired) electrons. The van der Waals surface area contributed by atoms with Crippen molar-refractivity contribution in [2.24, 2.45) is 18.9 Å². The molecule has 0 aromatic carbocycles. The summed E-state index contributed by atoms with van der Waals surface area (Å²) in [4.78, 5) is 17.5. The van der Waals surface area contributed by atoms with Crippen molar-refractivity contribution in [3.8, 4) is 0 Å². The second-order valence-corrected chi connectivity index (χ2v) is 7.34. The van der Waals surface area contributed by atoms with Gasteiger partial charge in [0.2, 0.25) is 5.91 Å². The van der Waals surface area contributed by atoms with Gasteiger partial charge in [-0.15, -0.1) is 24.8 Å². The number of piperazine rings is 1. The molecule has 6 nitrogen and oxygen atoms in total. The van der Waals surface area contributed by atoms with Crippen molar-refractivity contribution >= 4 is 30.7 Å². The Balaban J connectivity index is 0.00000156. The minimum atomic E-state index is 0. The fourth-order valence-corrected chi connectivity index (χ4v) is 3.82. The quantitative estimate of drug-likeness (QED) is 0.841. The van der Waals surface area contributed by atoms with Gasteiger partial charge in [-0.05, 0) is 11.5 Å². The summed E-state index contributed by atoms with van der Waals surface area (Å²) < 4.78 is 1.82. The predicted molar refractivity (Wildman–Crippen MR) is 105 cm³/mol. The molecule has 1 aromatic heterocycles. The molecule has 2 fully saturated rings. The van der Waals surface area contributed by atoms with Gasteiger partial charge in [0.25, 0.3) is 0 Å². The molecule has 8 heteroatoms. The smallest absolute Gasteiger partial charge is 0.227 e. The van der Waals surface area contributed by atoms with Gasteiger partial charge in [0, 0.05) is 65.0 Å². The molecule has 0 aliphatic carbocycles. The molecule has 1 aromatic rings. The lowest BCUT2D eigenvalue weighted by molar-refractivity contribution is -0.137. The van der Waals surface area contributed by atoms with Crippen molar-refractivity contribution in [1.29, 1.82) is 0 Å². The number of nitrogens with zero attached hydrogens (tertiary/aromatic N) is 4. The molecule has 1 N–H and O–H groups in total. The first-order valence-corrected chi connectivity index (χ1v) is 8.75. The van der Waals surface area contributed by atoms with Crippen LogP contribution in [-0.4, -0.2) is 71.3 Å². The summed E-state index contributed by atoms with van der Waals surface area (Å²) in [5, 5.41) is 7.65. The van der Waals surface area contributed by atoms with Gasteiger partial charge < -0.3 is 10.2 Å². The predicted octanol–water partition coefficient (Wildman–Crippen LogP) is 1.37. The number of rotatable bonds is 4. The second kappa shape index (κ2) is 9.76. The number of amides is 1. The van der Waals surface area contributed by atoms with Crippen molar-refractivity contribution in [2.45, 2.75) is 19.8 Å². The van der Waals surface area contributed by atoms with Gasteiger partial charge >= 0.3 is 0 Å². The molecule has 0 bridgehead atoms. The topological polar surface area (TPSA) is 53.4 Å². The van der Waals surface area contributed by atoms with Crippen LogP contribution in [0.15, 0.2) is 12.4 Å². The number of aromatic nitrogens is 2. The first-order valence-electron chi connectivity index (χ1n) is 8.75. The van der Waals surface area contributed by atoms with Crippen molar-refractivity contribution < 1.29 is 4.79 Å². The van der Waals surface area contributed by atoms with Gasteiger partial charge in [-0.25, -0.2) is 0 Å². The van der Waals surface area contributed by atoms with E-state index in [-0.39, 0.29) is 36.6 Å². The molecule has 2 atom stereocenters. The van der Waals surface area contributed by atoms with Crippen LogP contribution in [0.4, 0.5) is 0 Å². The fourth-order valence-electron chi connectivity index (χ4n) is 3.82. The van der Waals surface area contributed by atoms with Crippen LogP contribution in [-0.2, 0) is 11.8 Å². The Labute approximate surface area is 163 Å². The molecule has 1 amide bonds. The van der Waals surface area contributed by atoms with Gasteiger partial charge in [-0.2, -0.15) is 5.10 Å². The van der Waals surface area contributed by atoms with Crippen LogP contribution in [0, 0.1) is 11.8 Å². The van der Waals surface area contributed by atoms with Gasteiger partial charge in [-0.3, -0.25) is 14.4 Å². The first-order chi connectivity index (χ1) is 11.0. The maximum Gasteiger partial charge on any atom is 0.227 e. The zero-order valence-corrected chi connectivity index (χ0v) is 17.0. The van der Waals surface area contributed by atoms with Crippen molar-refractivity contribution in [3.63, 3.8) is 0 Å². The highest BCUT2D eigenvalue weighted by atomic mass is 35.5. The fraction of sp³-hybridized carbons (Fsp3) is 0.765. The molecular weight excluding hydrogens is 361 g/mol. The minimum absolute atomic E-state index is 0. The Hall–Kier alpha value is -0.820.